The summed E-state index contributed by atoms with van der Waals surface area (Å²) in [6, 6.07) is 12.3. The van der Waals surface area contributed by atoms with Crippen LogP contribution in [0.15, 0.2) is 47.9 Å². The number of aliphatic hydroxyl groups is 1. The second kappa shape index (κ2) is 8.24. The predicted molar refractivity (Wildman–Crippen MR) is 125 cm³/mol. The van der Waals surface area contributed by atoms with Crippen molar-refractivity contribution in [1.82, 2.24) is 14.9 Å². The van der Waals surface area contributed by atoms with Gasteiger partial charge in [0, 0.05) is 30.8 Å². The molecule has 2 aromatic heterocycles. The second-order valence-corrected chi connectivity index (χ2v) is 10.0. The average Bonchev–Trinajstić information content (AvgIpc) is 3.43. The molecule has 2 heterocycles. The molecule has 1 fully saturated rings. The number of hydrogen-bond acceptors (Lipinski definition) is 4. The molecular formula is C25H29N3O2S. The molecule has 2 N–H and O–H groups in total. The molecule has 0 unspecified atom stereocenters. The lowest BCUT2D eigenvalue weighted by molar-refractivity contribution is -0.139. The highest BCUT2D eigenvalue weighted by Crippen LogP contribution is 2.51. The van der Waals surface area contributed by atoms with E-state index in [1.165, 1.54) is 10.5 Å². The van der Waals surface area contributed by atoms with Crippen molar-refractivity contribution in [3.05, 3.63) is 58.6 Å². The van der Waals surface area contributed by atoms with Crippen LogP contribution in [0, 0.1) is 11.8 Å². The number of para-hydroxylation sites is 2. The van der Waals surface area contributed by atoms with Crippen molar-refractivity contribution < 1.29 is 9.90 Å². The Labute approximate surface area is 186 Å². The van der Waals surface area contributed by atoms with Gasteiger partial charge in [-0.25, -0.2) is 4.98 Å². The molecule has 1 aromatic carbocycles. The highest BCUT2D eigenvalue weighted by molar-refractivity contribution is 7.11. The van der Waals surface area contributed by atoms with Gasteiger partial charge in [0.1, 0.15) is 5.82 Å². The molecule has 162 valence electrons. The topological polar surface area (TPSA) is 69.2 Å². The molecule has 6 rings (SSSR count). The number of amides is 1. The van der Waals surface area contributed by atoms with E-state index < -0.39 is 5.60 Å². The van der Waals surface area contributed by atoms with Crippen molar-refractivity contribution in [3.63, 3.8) is 0 Å². The number of nitrogens with one attached hydrogen (secondary N) is 1. The Morgan fingerprint density at radius 3 is 2.90 bits per heavy atom. The number of carbonyl (C=O) groups excluding carboxylic acids is 1. The van der Waals surface area contributed by atoms with E-state index >= 15 is 0 Å². The van der Waals surface area contributed by atoms with Gasteiger partial charge < -0.3 is 15.0 Å². The number of hydrogen-bond donors (Lipinski definition) is 2. The van der Waals surface area contributed by atoms with Gasteiger partial charge in [-0.15, -0.1) is 11.3 Å². The minimum atomic E-state index is -0.909. The number of aromatic amines is 1. The quantitative estimate of drug-likeness (QED) is 0.568. The van der Waals surface area contributed by atoms with Gasteiger partial charge in [-0.3, -0.25) is 4.79 Å². The summed E-state index contributed by atoms with van der Waals surface area (Å²) in [5.74, 6) is 1.42. The SMILES string of the molecule is CN(CCCc1nc2ccccc2[nH]1)C(=O)C[C@]1(O)C[C@H]2CC[C@@H]1C=C2c1cccs1. The average molecular weight is 436 g/mol. The summed E-state index contributed by atoms with van der Waals surface area (Å²) in [6.45, 7) is 0.663. The van der Waals surface area contributed by atoms with Gasteiger partial charge >= 0.3 is 0 Å². The van der Waals surface area contributed by atoms with E-state index in [2.05, 4.69) is 33.6 Å². The molecule has 3 aliphatic rings. The zero-order valence-electron chi connectivity index (χ0n) is 17.9. The summed E-state index contributed by atoms with van der Waals surface area (Å²) < 4.78 is 0. The molecule has 0 saturated heterocycles. The smallest absolute Gasteiger partial charge is 0.225 e. The first-order chi connectivity index (χ1) is 15.0. The third kappa shape index (κ3) is 4.06. The molecule has 2 bridgehead atoms. The van der Waals surface area contributed by atoms with Crippen molar-refractivity contribution in [2.45, 2.75) is 44.1 Å². The summed E-state index contributed by atoms with van der Waals surface area (Å²) in [4.78, 5) is 23.9. The maximum absolute atomic E-state index is 12.9. The molecule has 1 amide bonds. The number of aryl methyl sites for hydroxylation is 1. The highest BCUT2D eigenvalue weighted by atomic mass is 32.1. The van der Waals surface area contributed by atoms with Gasteiger partial charge in [0.05, 0.1) is 23.1 Å². The first-order valence-electron chi connectivity index (χ1n) is 11.2. The number of aromatic nitrogens is 2. The monoisotopic (exact) mass is 435 g/mol. The Bertz CT molecular complexity index is 1070. The number of allylic oxidation sites excluding steroid dienone is 1. The fourth-order valence-corrected chi connectivity index (χ4v) is 6.08. The number of rotatable bonds is 7. The molecule has 0 spiro atoms. The van der Waals surface area contributed by atoms with E-state index in [-0.39, 0.29) is 18.2 Å². The molecule has 3 aromatic rings. The fourth-order valence-electron chi connectivity index (χ4n) is 5.24. The number of nitrogens with zero attached hydrogens (tertiary/aromatic N) is 2. The van der Waals surface area contributed by atoms with Crippen molar-refractivity contribution in [3.8, 4) is 0 Å². The van der Waals surface area contributed by atoms with Crippen LogP contribution in [0.5, 0.6) is 0 Å². The van der Waals surface area contributed by atoms with Crippen molar-refractivity contribution >= 4 is 33.9 Å². The zero-order chi connectivity index (χ0) is 21.4. The van der Waals surface area contributed by atoms with Crippen LogP contribution in [0.25, 0.3) is 16.6 Å². The minimum absolute atomic E-state index is 0.0331. The van der Waals surface area contributed by atoms with E-state index in [0.717, 1.165) is 42.5 Å². The predicted octanol–water partition coefficient (Wildman–Crippen LogP) is 4.65. The van der Waals surface area contributed by atoms with Crippen LogP contribution in [0.2, 0.25) is 0 Å². The Hall–Kier alpha value is -2.44. The summed E-state index contributed by atoms with van der Waals surface area (Å²) >= 11 is 1.76. The summed E-state index contributed by atoms with van der Waals surface area (Å²) in [5.41, 5.74) is 2.49. The molecular weight excluding hydrogens is 406 g/mol. The third-order valence-electron chi connectivity index (χ3n) is 6.97. The van der Waals surface area contributed by atoms with E-state index in [4.69, 9.17) is 0 Å². The largest absolute Gasteiger partial charge is 0.389 e. The second-order valence-electron chi connectivity index (χ2n) is 9.08. The van der Waals surface area contributed by atoms with E-state index in [9.17, 15) is 9.90 Å². The Morgan fingerprint density at radius 1 is 1.29 bits per heavy atom. The third-order valence-corrected chi connectivity index (χ3v) is 7.89. The van der Waals surface area contributed by atoms with Gasteiger partial charge in [0.25, 0.3) is 0 Å². The number of carbonyl (C=O) groups is 1. The van der Waals surface area contributed by atoms with Crippen LogP contribution in [0.4, 0.5) is 0 Å². The number of fused-ring (bicyclic) bond motifs is 3. The van der Waals surface area contributed by atoms with Gasteiger partial charge in [-0.05, 0) is 60.8 Å². The van der Waals surface area contributed by atoms with Crippen LogP contribution in [-0.4, -0.2) is 45.1 Å². The standard InChI is InChI=1S/C25H29N3O2S/c1-28(12-4-9-23-26-20-6-2-3-7-21(20)27-23)24(29)16-25(30)15-17-10-11-18(25)14-19(17)22-8-5-13-31-22/h2-3,5-8,13-14,17-18,30H,4,9-12,15-16H2,1H3,(H,26,27)/t17-,18-,25-/m1/s1. The summed E-state index contributed by atoms with van der Waals surface area (Å²) in [6.07, 6.45) is 6.88. The molecule has 0 radical (unpaired) electrons. The Morgan fingerprint density at radius 2 is 2.16 bits per heavy atom. The van der Waals surface area contributed by atoms with Crippen LogP contribution in [0.1, 0.15) is 42.8 Å². The lowest BCUT2D eigenvalue weighted by Crippen LogP contribution is -2.49. The van der Waals surface area contributed by atoms with Crippen molar-refractivity contribution in [2.75, 3.05) is 13.6 Å². The van der Waals surface area contributed by atoms with Gasteiger partial charge in [0.2, 0.25) is 5.91 Å². The lowest BCUT2D eigenvalue weighted by Gasteiger charge is -2.47. The first-order valence-corrected chi connectivity index (χ1v) is 12.1. The van der Waals surface area contributed by atoms with Crippen molar-refractivity contribution in [2.24, 2.45) is 11.8 Å². The summed E-state index contributed by atoms with van der Waals surface area (Å²) in [5, 5.41) is 13.5. The maximum Gasteiger partial charge on any atom is 0.225 e. The zero-order valence-corrected chi connectivity index (χ0v) is 18.7. The fraction of sp³-hybridized carbons (Fsp3) is 0.440. The maximum atomic E-state index is 12.9. The summed E-state index contributed by atoms with van der Waals surface area (Å²) in [7, 11) is 1.85. The van der Waals surface area contributed by atoms with Crippen LogP contribution < -0.4 is 0 Å². The number of benzene rings is 1. The van der Waals surface area contributed by atoms with Gasteiger partial charge in [-0.2, -0.15) is 0 Å². The number of imidazole rings is 1. The van der Waals surface area contributed by atoms with Gasteiger partial charge in [-0.1, -0.05) is 24.3 Å². The Kier molecular flexibility index (Phi) is 5.44. The molecule has 5 nitrogen and oxygen atoms in total. The molecule has 3 aliphatic carbocycles. The van der Waals surface area contributed by atoms with Gasteiger partial charge in [0.15, 0.2) is 0 Å². The molecule has 31 heavy (non-hydrogen) atoms. The molecule has 3 atom stereocenters. The lowest BCUT2D eigenvalue weighted by atomic mass is 9.61. The van der Waals surface area contributed by atoms with Crippen LogP contribution in [0.3, 0.4) is 0 Å². The Balaban J connectivity index is 1.17. The minimum Gasteiger partial charge on any atom is -0.389 e. The number of H-pyrrole nitrogens is 1. The molecule has 0 aliphatic heterocycles. The first kappa shape index (κ1) is 20.5. The van der Waals surface area contributed by atoms with E-state index in [0.29, 0.717) is 18.9 Å². The van der Waals surface area contributed by atoms with E-state index in [1.807, 2.05) is 31.3 Å². The highest BCUT2D eigenvalue weighted by Gasteiger charge is 2.48. The normalized spacial score (nSPS) is 25.0. The molecule has 6 heteroatoms. The van der Waals surface area contributed by atoms with E-state index in [1.54, 1.807) is 16.2 Å². The molecule has 1 saturated carbocycles. The van der Waals surface area contributed by atoms with Crippen molar-refractivity contribution in [1.29, 1.82) is 0 Å². The van der Waals surface area contributed by atoms with Crippen LogP contribution >= 0.6 is 11.3 Å². The number of thiophene rings is 1. The van der Waals surface area contributed by atoms with Crippen LogP contribution in [-0.2, 0) is 11.2 Å².